The van der Waals surface area contributed by atoms with Crippen molar-refractivity contribution in [2.24, 2.45) is 0 Å². The molecule has 0 spiro atoms. The van der Waals surface area contributed by atoms with E-state index in [2.05, 4.69) is 20.0 Å². The minimum Gasteiger partial charge on any atom is -0.406 e. The predicted octanol–water partition coefficient (Wildman–Crippen LogP) is 4.54. The molecule has 0 amide bonds. The first kappa shape index (κ1) is 16.8. The molecule has 1 unspecified atom stereocenters. The van der Waals surface area contributed by atoms with Gasteiger partial charge in [-0.1, -0.05) is 12.1 Å². The standard InChI is InChI=1S/C16H15ClF3N3O/c1-2-21-14-12-8-7-11(13(12)22-15(17)23-14)9-3-5-10(6-4-9)24-16(18,19)20/h3-6,11H,2,7-8H2,1H3,(H,21,22,23). The lowest BCUT2D eigenvalue weighted by atomic mass is 9.96. The summed E-state index contributed by atoms with van der Waals surface area (Å²) < 4.78 is 40.6. The van der Waals surface area contributed by atoms with Crippen LogP contribution in [0, 0.1) is 0 Å². The van der Waals surface area contributed by atoms with Crippen LogP contribution in [0.2, 0.25) is 5.28 Å². The number of rotatable bonds is 4. The van der Waals surface area contributed by atoms with E-state index in [1.807, 2.05) is 6.92 Å². The molecule has 1 N–H and O–H groups in total. The van der Waals surface area contributed by atoms with Crippen molar-refractivity contribution in [1.82, 2.24) is 9.97 Å². The highest BCUT2D eigenvalue weighted by molar-refractivity contribution is 6.28. The van der Waals surface area contributed by atoms with Crippen molar-refractivity contribution in [2.45, 2.75) is 32.0 Å². The number of halogens is 4. The first-order valence-corrected chi connectivity index (χ1v) is 7.91. The second-order valence-corrected chi connectivity index (χ2v) is 5.78. The molecule has 0 fully saturated rings. The maximum Gasteiger partial charge on any atom is 0.573 e. The Bertz CT molecular complexity index is 735. The second kappa shape index (κ2) is 6.47. The summed E-state index contributed by atoms with van der Waals surface area (Å²) in [6, 6.07) is 5.89. The average molecular weight is 358 g/mol. The van der Waals surface area contributed by atoms with Crippen molar-refractivity contribution in [1.29, 1.82) is 0 Å². The summed E-state index contributed by atoms with van der Waals surface area (Å²) in [7, 11) is 0. The summed E-state index contributed by atoms with van der Waals surface area (Å²) in [5, 5.41) is 3.34. The Morgan fingerprint density at radius 2 is 1.96 bits per heavy atom. The summed E-state index contributed by atoms with van der Waals surface area (Å²) in [5.74, 6) is 0.475. The molecule has 1 aliphatic carbocycles. The number of nitrogens with one attached hydrogen (secondary N) is 1. The molecule has 0 radical (unpaired) electrons. The Hall–Kier alpha value is -2.02. The highest BCUT2D eigenvalue weighted by Crippen LogP contribution is 2.40. The van der Waals surface area contributed by atoms with Crippen LogP contribution in [0.25, 0.3) is 0 Å². The topological polar surface area (TPSA) is 47.0 Å². The van der Waals surface area contributed by atoms with E-state index in [1.165, 1.54) is 12.1 Å². The number of hydrogen-bond donors (Lipinski definition) is 1. The molecule has 1 heterocycles. The minimum absolute atomic E-state index is 0.0159. The van der Waals surface area contributed by atoms with E-state index in [1.54, 1.807) is 12.1 Å². The molecule has 1 aliphatic rings. The van der Waals surface area contributed by atoms with Crippen molar-refractivity contribution in [3.8, 4) is 5.75 Å². The first-order valence-electron chi connectivity index (χ1n) is 7.53. The van der Waals surface area contributed by atoms with Gasteiger partial charge in [0.25, 0.3) is 0 Å². The van der Waals surface area contributed by atoms with Gasteiger partial charge in [-0.25, -0.2) is 9.97 Å². The summed E-state index contributed by atoms with van der Waals surface area (Å²) in [6.07, 6.45) is -3.09. The third-order valence-corrected chi connectivity index (χ3v) is 4.05. The van der Waals surface area contributed by atoms with Crippen LogP contribution in [0.15, 0.2) is 24.3 Å². The molecule has 4 nitrogen and oxygen atoms in total. The zero-order chi connectivity index (χ0) is 17.3. The van der Waals surface area contributed by atoms with Crippen LogP contribution in [-0.4, -0.2) is 22.9 Å². The SMILES string of the molecule is CCNc1nc(Cl)nc2c1CCC2c1ccc(OC(F)(F)F)cc1. The number of hydrogen-bond acceptors (Lipinski definition) is 4. The van der Waals surface area contributed by atoms with E-state index in [4.69, 9.17) is 11.6 Å². The van der Waals surface area contributed by atoms with E-state index in [0.717, 1.165) is 35.5 Å². The van der Waals surface area contributed by atoms with Crippen LogP contribution in [0.4, 0.5) is 19.0 Å². The molecular formula is C16H15ClF3N3O. The lowest BCUT2D eigenvalue weighted by Crippen LogP contribution is -2.17. The van der Waals surface area contributed by atoms with E-state index in [0.29, 0.717) is 6.54 Å². The van der Waals surface area contributed by atoms with E-state index < -0.39 is 6.36 Å². The largest absolute Gasteiger partial charge is 0.573 e. The first-order chi connectivity index (χ1) is 11.4. The summed E-state index contributed by atoms with van der Waals surface area (Å²) >= 11 is 6.01. The van der Waals surface area contributed by atoms with Crippen LogP contribution in [0.1, 0.15) is 36.1 Å². The van der Waals surface area contributed by atoms with Crippen molar-refractivity contribution in [3.05, 3.63) is 46.4 Å². The molecule has 1 atom stereocenters. The Labute approximate surface area is 142 Å². The Morgan fingerprint density at radius 1 is 1.25 bits per heavy atom. The van der Waals surface area contributed by atoms with E-state index in [-0.39, 0.29) is 17.0 Å². The van der Waals surface area contributed by atoms with Crippen LogP contribution in [0.3, 0.4) is 0 Å². The molecule has 0 saturated carbocycles. The molecule has 0 aliphatic heterocycles. The van der Waals surface area contributed by atoms with Gasteiger partial charge >= 0.3 is 6.36 Å². The lowest BCUT2D eigenvalue weighted by Gasteiger charge is -2.14. The monoisotopic (exact) mass is 357 g/mol. The highest BCUT2D eigenvalue weighted by Gasteiger charge is 2.32. The number of nitrogens with zero attached hydrogens (tertiary/aromatic N) is 2. The molecule has 1 aromatic carbocycles. The van der Waals surface area contributed by atoms with Gasteiger partial charge in [0.15, 0.2) is 0 Å². The van der Waals surface area contributed by atoms with Crippen LogP contribution >= 0.6 is 11.6 Å². The number of aromatic nitrogens is 2. The van der Waals surface area contributed by atoms with Gasteiger partial charge < -0.3 is 10.1 Å². The quantitative estimate of drug-likeness (QED) is 0.816. The van der Waals surface area contributed by atoms with Gasteiger partial charge in [0.1, 0.15) is 11.6 Å². The third-order valence-electron chi connectivity index (χ3n) is 3.89. The normalized spacial score (nSPS) is 16.8. The molecule has 0 bridgehead atoms. The number of alkyl halides is 3. The van der Waals surface area contributed by atoms with Crippen molar-refractivity contribution >= 4 is 17.4 Å². The Morgan fingerprint density at radius 3 is 2.58 bits per heavy atom. The summed E-state index contributed by atoms with van der Waals surface area (Å²) in [5.41, 5.74) is 2.72. The van der Waals surface area contributed by atoms with Gasteiger partial charge in [-0.05, 0) is 49.1 Å². The smallest absolute Gasteiger partial charge is 0.406 e. The molecule has 128 valence electrons. The molecular weight excluding hydrogens is 343 g/mol. The van der Waals surface area contributed by atoms with Gasteiger partial charge in [-0.2, -0.15) is 0 Å². The van der Waals surface area contributed by atoms with Gasteiger partial charge in [-0.15, -0.1) is 13.2 Å². The maximum atomic E-state index is 12.2. The van der Waals surface area contributed by atoms with Gasteiger partial charge in [-0.3, -0.25) is 0 Å². The van der Waals surface area contributed by atoms with Gasteiger partial charge in [0.2, 0.25) is 5.28 Å². The average Bonchev–Trinajstić information content (AvgIpc) is 2.90. The van der Waals surface area contributed by atoms with E-state index >= 15 is 0 Å². The van der Waals surface area contributed by atoms with Gasteiger partial charge in [0, 0.05) is 18.0 Å². The van der Waals surface area contributed by atoms with Crippen molar-refractivity contribution < 1.29 is 17.9 Å². The number of benzene rings is 1. The van der Waals surface area contributed by atoms with Crippen LogP contribution < -0.4 is 10.1 Å². The fraction of sp³-hybridized carbons (Fsp3) is 0.375. The van der Waals surface area contributed by atoms with Crippen molar-refractivity contribution in [2.75, 3.05) is 11.9 Å². The molecule has 3 rings (SSSR count). The van der Waals surface area contributed by atoms with Crippen LogP contribution in [-0.2, 0) is 6.42 Å². The lowest BCUT2D eigenvalue weighted by molar-refractivity contribution is -0.274. The predicted molar refractivity (Wildman–Crippen MR) is 84.5 cm³/mol. The maximum absolute atomic E-state index is 12.2. The van der Waals surface area contributed by atoms with Gasteiger partial charge in [0.05, 0.1) is 5.69 Å². The van der Waals surface area contributed by atoms with Crippen LogP contribution in [0.5, 0.6) is 5.75 Å². The molecule has 0 saturated heterocycles. The van der Waals surface area contributed by atoms with E-state index in [9.17, 15) is 13.2 Å². The summed E-state index contributed by atoms with van der Waals surface area (Å²) in [4.78, 5) is 8.55. The van der Waals surface area contributed by atoms with Crippen molar-refractivity contribution in [3.63, 3.8) is 0 Å². The highest BCUT2D eigenvalue weighted by atomic mass is 35.5. The fourth-order valence-corrected chi connectivity index (χ4v) is 3.15. The second-order valence-electron chi connectivity index (χ2n) is 5.44. The number of anilines is 1. The molecule has 2 aromatic rings. The minimum atomic E-state index is -4.69. The zero-order valence-corrected chi connectivity index (χ0v) is 13.6. The Kier molecular flexibility index (Phi) is 4.54. The fourth-order valence-electron chi connectivity index (χ4n) is 2.97. The molecule has 24 heavy (non-hydrogen) atoms. The molecule has 8 heteroatoms. The Balaban J connectivity index is 1.88. The third kappa shape index (κ3) is 3.56. The summed E-state index contributed by atoms with van der Waals surface area (Å²) in [6.45, 7) is 2.68. The molecule has 1 aromatic heterocycles. The zero-order valence-electron chi connectivity index (χ0n) is 12.8. The number of ether oxygens (including phenoxy) is 1. The number of fused-ring (bicyclic) bond motifs is 1.